The smallest absolute Gasteiger partial charge is 0.319 e. The van der Waals surface area contributed by atoms with E-state index < -0.39 is 8.32 Å². The van der Waals surface area contributed by atoms with Crippen molar-refractivity contribution in [3.05, 3.63) is 145 Å². The van der Waals surface area contributed by atoms with E-state index in [4.69, 9.17) is 14.3 Å². The zero-order chi connectivity index (χ0) is 30.0. The van der Waals surface area contributed by atoms with Crippen molar-refractivity contribution < 1.29 is 14.0 Å². The molecule has 6 aromatic rings. The van der Waals surface area contributed by atoms with Gasteiger partial charge in [-0.1, -0.05) is 118 Å². The Morgan fingerprint density at radius 3 is 1.95 bits per heavy atom. The van der Waals surface area contributed by atoms with Crippen molar-refractivity contribution in [2.75, 3.05) is 7.11 Å². The number of aromatic nitrogens is 2. The Kier molecular flexibility index (Phi) is 7.46. The third-order valence-electron chi connectivity index (χ3n) is 7.88. The largest absolute Gasteiger partial charge is 0.534 e. The molecule has 1 aromatic heterocycles. The van der Waals surface area contributed by atoms with Gasteiger partial charge in [0, 0.05) is 17.0 Å². The van der Waals surface area contributed by atoms with Crippen LogP contribution in [0.4, 0.5) is 0 Å². The van der Waals surface area contributed by atoms with E-state index in [-0.39, 0.29) is 10.8 Å². The Bertz CT molecular complexity index is 1850. The summed E-state index contributed by atoms with van der Waals surface area (Å²) in [7, 11) is -1.25. The third-order valence-corrected chi connectivity index (χ3v) is 12.8. The number of fused-ring (bicyclic) bond motifs is 1. The lowest BCUT2D eigenvalue weighted by Crippen LogP contribution is -2.68. The quantitative estimate of drug-likeness (QED) is 0.141. The first kappa shape index (κ1) is 28.2. The molecule has 1 heterocycles. The van der Waals surface area contributed by atoms with E-state index >= 15 is 0 Å². The fraction of sp³-hybridized carbons (Fsp3) is 0.135. The number of ketones is 1. The number of hydrogen-bond acceptors (Lipinski definition) is 4. The Hall–Kier alpha value is -4.94. The monoisotopic (exact) mass is 582 g/mol. The molecule has 43 heavy (non-hydrogen) atoms. The summed E-state index contributed by atoms with van der Waals surface area (Å²) in [4.78, 5) is 14.4. The first-order chi connectivity index (χ1) is 20.8. The highest BCUT2D eigenvalue weighted by Crippen LogP contribution is 2.38. The van der Waals surface area contributed by atoms with Crippen molar-refractivity contribution in [3.8, 4) is 17.2 Å². The van der Waals surface area contributed by atoms with Gasteiger partial charge in [-0.15, -0.1) is 0 Å². The van der Waals surface area contributed by atoms with Crippen LogP contribution in [0.5, 0.6) is 11.5 Å². The second-order valence-corrected chi connectivity index (χ2v) is 15.8. The minimum atomic E-state index is -2.87. The number of carbonyl (C=O) groups excluding carboxylic acids is 1. The molecule has 6 rings (SSSR count). The predicted molar refractivity (Wildman–Crippen MR) is 176 cm³/mol. The topological polar surface area (TPSA) is 53.4 Å². The lowest BCUT2D eigenvalue weighted by molar-refractivity contribution is 0.103. The number of hydrogen-bond donors (Lipinski definition) is 0. The molecule has 0 atom stereocenters. The van der Waals surface area contributed by atoms with Gasteiger partial charge in [0.2, 0.25) is 5.78 Å². The molecule has 0 spiro atoms. The number of benzene rings is 5. The Morgan fingerprint density at radius 1 is 0.698 bits per heavy atom. The highest BCUT2D eigenvalue weighted by molar-refractivity contribution is 7.00. The fourth-order valence-corrected chi connectivity index (χ4v) is 10.3. The maximum atomic E-state index is 14.4. The number of methoxy groups -OCH3 is 1. The van der Waals surface area contributed by atoms with Crippen molar-refractivity contribution in [2.45, 2.75) is 25.8 Å². The van der Waals surface area contributed by atoms with E-state index in [0.717, 1.165) is 16.6 Å². The van der Waals surface area contributed by atoms with E-state index in [0.29, 0.717) is 22.8 Å². The first-order valence-corrected chi connectivity index (χ1v) is 16.3. The van der Waals surface area contributed by atoms with Gasteiger partial charge in [-0.3, -0.25) is 4.79 Å². The molecule has 0 unspecified atom stereocenters. The summed E-state index contributed by atoms with van der Waals surface area (Å²) in [6.07, 6.45) is 0. The van der Waals surface area contributed by atoms with Crippen LogP contribution in [0.1, 0.15) is 36.8 Å². The summed E-state index contributed by atoms with van der Waals surface area (Å²) in [6.45, 7) is 6.73. The van der Waals surface area contributed by atoms with Gasteiger partial charge in [0.1, 0.15) is 17.2 Å². The summed E-state index contributed by atoms with van der Waals surface area (Å²) in [5.41, 5.74) is 2.52. The van der Waals surface area contributed by atoms with Gasteiger partial charge >= 0.3 is 8.32 Å². The van der Waals surface area contributed by atoms with Crippen LogP contribution in [0.2, 0.25) is 5.04 Å². The average molecular weight is 583 g/mol. The maximum absolute atomic E-state index is 14.4. The standard InChI is InChI=1S/C37H34N2O3Si/c1-37(2,3)43(31-19-7-5-8-20-31,32-21-9-6-10-22-32)42-30-18-13-15-27(25-30)36(40)35-33-23-11-12-24-34(33)38-39(35)28-16-14-17-29(26-28)41-4/h5-26H,1-4H3. The van der Waals surface area contributed by atoms with Crippen LogP contribution < -0.4 is 19.5 Å². The van der Waals surface area contributed by atoms with Crippen molar-refractivity contribution >= 4 is 35.4 Å². The molecule has 0 bridgehead atoms. The number of carbonyl (C=O) groups is 1. The fourth-order valence-electron chi connectivity index (χ4n) is 5.84. The average Bonchev–Trinajstić information content (AvgIpc) is 3.43. The lowest BCUT2D eigenvalue weighted by atomic mass is 10.0. The van der Waals surface area contributed by atoms with E-state index in [9.17, 15) is 4.79 Å². The molecular formula is C37H34N2O3Si. The van der Waals surface area contributed by atoms with E-state index in [1.165, 1.54) is 10.4 Å². The molecule has 0 N–H and O–H groups in total. The SMILES string of the molecule is COc1cccc(-n2nc3ccccc3c2C(=O)c2cccc(O[Si](c3ccccc3)(c3ccccc3)C(C)(C)C)c2)c1. The lowest BCUT2D eigenvalue weighted by Gasteiger charge is -2.43. The molecule has 0 aliphatic rings. The van der Waals surface area contributed by atoms with Crippen LogP contribution in [-0.4, -0.2) is 31.0 Å². The molecule has 0 aliphatic carbocycles. The molecule has 0 radical (unpaired) electrons. The third kappa shape index (κ3) is 5.15. The van der Waals surface area contributed by atoms with Gasteiger partial charge in [0.15, 0.2) is 0 Å². The van der Waals surface area contributed by atoms with Crippen molar-refractivity contribution in [3.63, 3.8) is 0 Å². The number of ether oxygens (including phenoxy) is 1. The predicted octanol–water partition coefficient (Wildman–Crippen LogP) is 7.20. The zero-order valence-electron chi connectivity index (χ0n) is 24.8. The summed E-state index contributed by atoms with van der Waals surface area (Å²) in [6, 6.07) is 43.9. The Morgan fingerprint density at radius 2 is 1.30 bits per heavy atom. The van der Waals surface area contributed by atoms with Crippen LogP contribution in [0, 0.1) is 0 Å². The molecule has 0 saturated heterocycles. The summed E-state index contributed by atoms with van der Waals surface area (Å²) >= 11 is 0. The maximum Gasteiger partial charge on any atom is 0.319 e. The highest BCUT2D eigenvalue weighted by atomic mass is 28.4. The molecule has 0 aliphatic heterocycles. The Balaban J connectivity index is 1.48. The summed E-state index contributed by atoms with van der Waals surface area (Å²) < 4.78 is 14.4. The van der Waals surface area contributed by atoms with Crippen molar-refractivity contribution in [1.82, 2.24) is 9.78 Å². The van der Waals surface area contributed by atoms with Crippen LogP contribution in [-0.2, 0) is 0 Å². The number of rotatable bonds is 8. The molecule has 0 saturated carbocycles. The Labute approximate surface area is 253 Å². The van der Waals surface area contributed by atoms with Gasteiger partial charge in [-0.25, -0.2) is 4.68 Å². The molecule has 6 heteroatoms. The van der Waals surface area contributed by atoms with Crippen LogP contribution in [0.3, 0.4) is 0 Å². The van der Waals surface area contributed by atoms with Gasteiger partial charge in [0.25, 0.3) is 0 Å². The molecule has 214 valence electrons. The van der Waals surface area contributed by atoms with Gasteiger partial charge < -0.3 is 9.16 Å². The van der Waals surface area contributed by atoms with Crippen LogP contribution in [0.15, 0.2) is 133 Å². The highest BCUT2D eigenvalue weighted by Gasteiger charge is 2.52. The van der Waals surface area contributed by atoms with Gasteiger partial charge in [-0.05, 0) is 45.7 Å². The number of nitrogens with zero attached hydrogens (tertiary/aromatic N) is 2. The van der Waals surface area contributed by atoms with Gasteiger partial charge in [0.05, 0.1) is 18.3 Å². The van der Waals surface area contributed by atoms with E-state index in [2.05, 4.69) is 69.3 Å². The van der Waals surface area contributed by atoms with Crippen LogP contribution >= 0.6 is 0 Å². The van der Waals surface area contributed by atoms with Crippen LogP contribution in [0.25, 0.3) is 16.6 Å². The minimum absolute atomic E-state index is 0.135. The molecule has 5 nitrogen and oxygen atoms in total. The zero-order valence-corrected chi connectivity index (χ0v) is 25.8. The minimum Gasteiger partial charge on any atom is -0.534 e. The van der Waals surface area contributed by atoms with Crippen molar-refractivity contribution in [1.29, 1.82) is 0 Å². The van der Waals surface area contributed by atoms with Gasteiger partial charge in [-0.2, -0.15) is 5.10 Å². The summed E-state index contributed by atoms with van der Waals surface area (Å²) in [5.74, 6) is 1.22. The molecule has 0 amide bonds. The second-order valence-electron chi connectivity index (χ2n) is 11.6. The van der Waals surface area contributed by atoms with Crippen molar-refractivity contribution in [2.24, 2.45) is 0 Å². The van der Waals surface area contributed by atoms with E-state index in [1.807, 2.05) is 84.9 Å². The second kappa shape index (κ2) is 11.4. The van der Waals surface area contributed by atoms with E-state index in [1.54, 1.807) is 11.8 Å². The summed E-state index contributed by atoms with van der Waals surface area (Å²) in [5, 5.41) is 7.74. The molecule has 5 aromatic carbocycles. The normalized spacial score (nSPS) is 11.8. The first-order valence-electron chi connectivity index (χ1n) is 14.4. The molecular weight excluding hydrogens is 549 g/mol. The molecule has 0 fully saturated rings.